The number of rotatable bonds is 4. The summed E-state index contributed by atoms with van der Waals surface area (Å²) in [7, 11) is 0. The van der Waals surface area contributed by atoms with Gasteiger partial charge in [-0.05, 0) is 37.1 Å². The Morgan fingerprint density at radius 3 is 2.73 bits per heavy atom. The van der Waals surface area contributed by atoms with Crippen molar-refractivity contribution >= 4 is 11.6 Å². The Morgan fingerprint density at radius 2 is 2.00 bits per heavy atom. The number of benzene rings is 1. The van der Waals surface area contributed by atoms with Crippen LogP contribution in [0.3, 0.4) is 0 Å². The van der Waals surface area contributed by atoms with Gasteiger partial charge < -0.3 is 19.7 Å². The molecule has 116 valence electrons. The molecule has 0 radical (unpaired) electrons. The molecule has 22 heavy (non-hydrogen) atoms. The van der Waals surface area contributed by atoms with Crippen molar-refractivity contribution in [1.82, 2.24) is 4.90 Å². The van der Waals surface area contributed by atoms with Crippen LogP contribution in [0.4, 0.5) is 5.69 Å². The average Bonchev–Trinajstić information content (AvgIpc) is 3.07. The van der Waals surface area contributed by atoms with Gasteiger partial charge in [0.15, 0.2) is 0 Å². The number of hydrogen-bond donors (Lipinski definition) is 2. The maximum absolute atomic E-state index is 12.7. The van der Waals surface area contributed by atoms with Crippen LogP contribution in [-0.2, 0) is 6.54 Å². The van der Waals surface area contributed by atoms with E-state index >= 15 is 0 Å². The van der Waals surface area contributed by atoms with Crippen LogP contribution in [0.2, 0.25) is 0 Å². The Hall–Kier alpha value is -2.27. The molecule has 1 aromatic heterocycles. The normalized spacial score (nSPS) is 15.8. The van der Waals surface area contributed by atoms with E-state index in [9.17, 15) is 9.90 Å². The van der Waals surface area contributed by atoms with Gasteiger partial charge in [-0.3, -0.25) is 4.79 Å². The zero-order valence-electron chi connectivity index (χ0n) is 12.4. The number of carbonyl (C=O) groups is 1. The number of nitrogens with one attached hydrogen (secondary N) is 1. The molecular formula is C17H20N2O3. The summed E-state index contributed by atoms with van der Waals surface area (Å²) in [6.45, 7) is 1.75. The molecular weight excluding hydrogens is 280 g/mol. The first-order valence-corrected chi connectivity index (χ1v) is 7.56. The highest BCUT2D eigenvalue weighted by atomic mass is 16.3. The van der Waals surface area contributed by atoms with E-state index in [-0.39, 0.29) is 12.0 Å². The van der Waals surface area contributed by atoms with Gasteiger partial charge in [0.1, 0.15) is 5.76 Å². The van der Waals surface area contributed by atoms with Gasteiger partial charge in [-0.2, -0.15) is 0 Å². The van der Waals surface area contributed by atoms with Crippen molar-refractivity contribution < 1.29 is 14.3 Å². The molecule has 2 heterocycles. The van der Waals surface area contributed by atoms with Gasteiger partial charge >= 0.3 is 0 Å². The number of anilines is 1. The number of nitrogens with zero attached hydrogens (tertiary/aromatic N) is 1. The smallest absolute Gasteiger partial charge is 0.255 e. The van der Waals surface area contributed by atoms with E-state index in [4.69, 9.17) is 4.42 Å². The molecule has 5 nitrogen and oxygen atoms in total. The summed E-state index contributed by atoms with van der Waals surface area (Å²) in [6.07, 6.45) is 2.64. The SMILES string of the molecule is O=C(c1ccccc1NCc1ccco1)N1CCC(O)CC1. The zero-order chi connectivity index (χ0) is 15.4. The number of aliphatic hydroxyl groups is 1. The molecule has 1 fully saturated rings. The number of likely N-dealkylation sites (tertiary alicyclic amines) is 1. The highest BCUT2D eigenvalue weighted by Crippen LogP contribution is 2.21. The number of amides is 1. The van der Waals surface area contributed by atoms with E-state index in [1.165, 1.54) is 0 Å². The zero-order valence-corrected chi connectivity index (χ0v) is 12.4. The second-order valence-corrected chi connectivity index (χ2v) is 5.50. The van der Waals surface area contributed by atoms with Gasteiger partial charge in [0.05, 0.1) is 24.5 Å². The van der Waals surface area contributed by atoms with Crippen LogP contribution in [0.1, 0.15) is 29.0 Å². The Morgan fingerprint density at radius 1 is 1.23 bits per heavy atom. The Balaban J connectivity index is 1.71. The Labute approximate surface area is 129 Å². The van der Waals surface area contributed by atoms with Crippen molar-refractivity contribution in [3.8, 4) is 0 Å². The van der Waals surface area contributed by atoms with E-state index < -0.39 is 0 Å². The summed E-state index contributed by atoms with van der Waals surface area (Å²) in [5.74, 6) is 0.831. The van der Waals surface area contributed by atoms with Crippen LogP contribution < -0.4 is 5.32 Å². The molecule has 2 N–H and O–H groups in total. The lowest BCUT2D eigenvalue weighted by molar-refractivity contribution is 0.0547. The third-order valence-corrected chi connectivity index (χ3v) is 3.94. The molecule has 0 saturated carbocycles. The van der Waals surface area contributed by atoms with Crippen LogP contribution in [0.5, 0.6) is 0 Å². The van der Waals surface area contributed by atoms with Gasteiger partial charge in [0, 0.05) is 18.8 Å². The van der Waals surface area contributed by atoms with E-state index in [2.05, 4.69) is 5.32 Å². The van der Waals surface area contributed by atoms with Gasteiger partial charge in [-0.25, -0.2) is 0 Å². The topological polar surface area (TPSA) is 65.7 Å². The number of piperidine rings is 1. The fourth-order valence-corrected chi connectivity index (χ4v) is 2.66. The summed E-state index contributed by atoms with van der Waals surface area (Å²) in [4.78, 5) is 14.5. The first kappa shape index (κ1) is 14.7. The first-order valence-electron chi connectivity index (χ1n) is 7.56. The van der Waals surface area contributed by atoms with Crippen molar-refractivity contribution in [3.63, 3.8) is 0 Å². The van der Waals surface area contributed by atoms with Crippen LogP contribution in [0, 0.1) is 0 Å². The molecule has 0 unspecified atom stereocenters. The van der Waals surface area contributed by atoms with Crippen LogP contribution in [0.15, 0.2) is 47.1 Å². The predicted molar refractivity (Wildman–Crippen MR) is 83.6 cm³/mol. The molecule has 0 aliphatic carbocycles. The lowest BCUT2D eigenvalue weighted by atomic mass is 10.1. The van der Waals surface area contributed by atoms with Crippen molar-refractivity contribution in [1.29, 1.82) is 0 Å². The molecule has 1 aliphatic rings. The van der Waals surface area contributed by atoms with Gasteiger partial charge in [0.2, 0.25) is 0 Å². The average molecular weight is 300 g/mol. The number of aliphatic hydroxyl groups excluding tert-OH is 1. The standard InChI is InChI=1S/C17H20N2O3/c20-13-7-9-19(10-8-13)17(21)15-5-1-2-6-16(15)18-12-14-4-3-11-22-14/h1-6,11,13,18,20H,7-10,12H2. The van der Waals surface area contributed by atoms with Crippen molar-refractivity contribution in [2.75, 3.05) is 18.4 Å². The first-order chi connectivity index (χ1) is 10.7. The molecule has 2 aromatic rings. The molecule has 5 heteroatoms. The van der Waals surface area contributed by atoms with Gasteiger partial charge in [-0.1, -0.05) is 12.1 Å². The Bertz CT molecular complexity index is 617. The van der Waals surface area contributed by atoms with Crippen LogP contribution in [-0.4, -0.2) is 35.1 Å². The summed E-state index contributed by atoms with van der Waals surface area (Å²) in [5.41, 5.74) is 1.46. The predicted octanol–water partition coefficient (Wildman–Crippen LogP) is 2.49. The maximum Gasteiger partial charge on any atom is 0.255 e. The fraction of sp³-hybridized carbons (Fsp3) is 0.353. The van der Waals surface area contributed by atoms with Crippen molar-refractivity contribution in [2.24, 2.45) is 0 Å². The van der Waals surface area contributed by atoms with Gasteiger partial charge in [-0.15, -0.1) is 0 Å². The van der Waals surface area contributed by atoms with Crippen LogP contribution in [0.25, 0.3) is 0 Å². The molecule has 0 spiro atoms. The molecule has 1 amide bonds. The van der Waals surface area contributed by atoms with Gasteiger partial charge in [0.25, 0.3) is 5.91 Å². The summed E-state index contributed by atoms with van der Waals surface area (Å²) in [6, 6.07) is 11.2. The molecule has 0 atom stereocenters. The van der Waals surface area contributed by atoms with Crippen molar-refractivity contribution in [2.45, 2.75) is 25.5 Å². The minimum absolute atomic E-state index is 0.00875. The summed E-state index contributed by atoms with van der Waals surface area (Å²) >= 11 is 0. The number of carbonyl (C=O) groups excluding carboxylic acids is 1. The number of hydrogen-bond acceptors (Lipinski definition) is 4. The number of furan rings is 1. The summed E-state index contributed by atoms with van der Waals surface area (Å²) < 4.78 is 5.30. The van der Waals surface area contributed by atoms with E-state index in [1.54, 1.807) is 11.2 Å². The third-order valence-electron chi connectivity index (χ3n) is 3.94. The lowest BCUT2D eigenvalue weighted by Gasteiger charge is -2.30. The molecule has 3 rings (SSSR count). The molecule has 0 bridgehead atoms. The molecule has 1 saturated heterocycles. The maximum atomic E-state index is 12.7. The quantitative estimate of drug-likeness (QED) is 0.910. The second-order valence-electron chi connectivity index (χ2n) is 5.50. The van der Waals surface area contributed by atoms with E-state index in [1.807, 2.05) is 36.4 Å². The number of para-hydroxylation sites is 1. The second kappa shape index (κ2) is 6.66. The lowest BCUT2D eigenvalue weighted by Crippen LogP contribution is -2.40. The highest BCUT2D eigenvalue weighted by molar-refractivity contribution is 5.99. The fourth-order valence-electron chi connectivity index (χ4n) is 2.66. The van der Waals surface area contributed by atoms with E-state index in [0.29, 0.717) is 38.0 Å². The molecule has 1 aromatic carbocycles. The highest BCUT2D eigenvalue weighted by Gasteiger charge is 2.23. The third kappa shape index (κ3) is 3.31. The van der Waals surface area contributed by atoms with Crippen LogP contribution >= 0.6 is 0 Å². The summed E-state index contributed by atoms with van der Waals surface area (Å²) in [5, 5.41) is 12.8. The monoisotopic (exact) mass is 300 g/mol. The van der Waals surface area contributed by atoms with Crippen molar-refractivity contribution in [3.05, 3.63) is 54.0 Å². The largest absolute Gasteiger partial charge is 0.467 e. The molecule has 1 aliphatic heterocycles. The minimum Gasteiger partial charge on any atom is -0.467 e. The minimum atomic E-state index is -0.281. The Kier molecular flexibility index (Phi) is 4.44. The van der Waals surface area contributed by atoms with E-state index in [0.717, 1.165) is 11.4 Å².